The molecular formula is C12H8ClF3N2. The van der Waals surface area contributed by atoms with Crippen molar-refractivity contribution >= 4 is 11.6 Å². The Hall–Kier alpha value is -1.62. The second-order valence-electron chi connectivity index (χ2n) is 3.75. The van der Waals surface area contributed by atoms with Crippen LogP contribution in [0.15, 0.2) is 30.6 Å². The number of hydrogen-bond donors (Lipinski definition) is 0. The molecule has 0 spiro atoms. The molecule has 18 heavy (non-hydrogen) atoms. The zero-order chi connectivity index (χ0) is 13.3. The molecule has 0 aliphatic rings. The molecule has 0 amide bonds. The lowest BCUT2D eigenvalue weighted by atomic mass is 10.0. The van der Waals surface area contributed by atoms with Crippen molar-refractivity contribution in [3.63, 3.8) is 0 Å². The first-order valence-electron chi connectivity index (χ1n) is 5.03. The van der Waals surface area contributed by atoms with Gasteiger partial charge in [0.05, 0.1) is 11.3 Å². The Morgan fingerprint density at radius 1 is 1.11 bits per heavy atom. The standard InChI is InChI=1S/C12H8ClF3N2/c1-7-4-8(12(14,15)16)2-3-9(7)10-5-11(13)18-6-17-10/h2-6H,1H3. The van der Waals surface area contributed by atoms with Crippen LogP contribution in [-0.4, -0.2) is 9.97 Å². The molecule has 0 unspecified atom stereocenters. The summed E-state index contributed by atoms with van der Waals surface area (Å²) in [6, 6.07) is 5.01. The number of halogens is 4. The van der Waals surface area contributed by atoms with Gasteiger partial charge >= 0.3 is 6.18 Å². The predicted octanol–water partition coefficient (Wildman–Crippen LogP) is 4.12. The maximum Gasteiger partial charge on any atom is 0.416 e. The van der Waals surface area contributed by atoms with Gasteiger partial charge in [-0.1, -0.05) is 17.7 Å². The third-order valence-electron chi connectivity index (χ3n) is 2.46. The third-order valence-corrected chi connectivity index (χ3v) is 2.67. The van der Waals surface area contributed by atoms with Gasteiger partial charge in [0.15, 0.2) is 0 Å². The van der Waals surface area contributed by atoms with Gasteiger partial charge in [0.2, 0.25) is 0 Å². The van der Waals surface area contributed by atoms with E-state index in [1.165, 1.54) is 18.5 Å². The molecule has 1 aromatic carbocycles. The van der Waals surface area contributed by atoms with E-state index in [1.54, 1.807) is 6.92 Å². The number of aryl methyl sites for hydroxylation is 1. The van der Waals surface area contributed by atoms with Gasteiger partial charge in [-0.05, 0) is 24.6 Å². The summed E-state index contributed by atoms with van der Waals surface area (Å²) in [4.78, 5) is 7.71. The molecule has 1 heterocycles. The molecule has 6 heteroatoms. The van der Waals surface area contributed by atoms with Crippen LogP contribution < -0.4 is 0 Å². The van der Waals surface area contributed by atoms with E-state index in [4.69, 9.17) is 11.6 Å². The smallest absolute Gasteiger partial charge is 0.236 e. The summed E-state index contributed by atoms with van der Waals surface area (Å²) >= 11 is 5.72. The molecule has 94 valence electrons. The molecule has 2 rings (SSSR count). The highest BCUT2D eigenvalue weighted by Crippen LogP contribution is 2.32. The maximum absolute atomic E-state index is 12.5. The molecule has 0 saturated carbocycles. The minimum atomic E-state index is -4.34. The summed E-state index contributed by atoms with van der Waals surface area (Å²) in [5.74, 6) is 0. The molecular weight excluding hydrogens is 265 g/mol. The van der Waals surface area contributed by atoms with Crippen LogP contribution in [0.4, 0.5) is 13.2 Å². The Labute approximate surface area is 106 Å². The zero-order valence-electron chi connectivity index (χ0n) is 9.29. The molecule has 0 N–H and O–H groups in total. The number of benzene rings is 1. The summed E-state index contributed by atoms with van der Waals surface area (Å²) in [5, 5.41) is 0.249. The molecule has 0 radical (unpaired) electrons. The number of aromatic nitrogens is 2. The number of nitrogens with zero attached hydrogens (tertiary/aromatic N) is 2. The monoisotopic (exact) mass is 272 g/mol. The van der Waals surface area contributed by atoms with Gasteiger partial charge in [-0.25, -0.2) is 9.97 Å². The van der Waals surface area contributed by atoms with Crippen molar-refractivity contribution in [2.75, 3.05) is 0 Å². The average molecular weight is 273 g/mol. The van der Waals surface area contributed by atoms with Crippen molar-refractivity contribution in [1.29, 1.82) is 0 Å². The fourth-order valence-corrected chi connectivity index (χ4v) is 1.76. The molecule has 2 nitrogen and oxygen atoms in total. The molecule has 0 saturated heterocycles. The first-order valence-corrected chi connectivity index (χ1v) is 5.41. The van der Waals surface area contributed by atoms with Crippen LogP contribution in [0.3, 0.4) is 0 Å². The van der Waals surface area contributed by atoms with Gasteiger partial charge in [-0.3, -0.25) is 0 Å². The van der Waals surface area contributed by atoms with E-state index in [0.29, 0.717) is 16.8 Å². The highest BCUT2D eigenvalue weighted by atomic mass is 35.5. The van der Waals surface area contributed by atoms with E-state index >= 15 is 0 Å². The average Bonchev–Trinajstić information content (AvgIpc) is 2.27. The molecule has 0 bridgehead atoms. The van der Waals surface area contributed by atoms with E-state index < -0.39 is 11.7 Å². The Morgan fingerprint density at radius 3 is 2.39 bits per heavy atom. The third kappa shape index (κ3) is 2.61. The minimum Gasteiger partial charge on any atom is -0.236 e. The summed E-state index contributed by atoms with van der Waals surface area (Å²) < 4.78 is 37.6. The van der Waals surface area contributed by atoms with E-state index in [2.05, 4.69) is 9.97 Å². The van der Waals surface area contributed by atoms with Crippen molar-refractivity contribution in [2.45, 2.75) is 13.1 Å². The van der Waals surface area contributed by atoms with Crippen LogP contribution >= 0.6 is 11.6 Å². The van der Waals surface area contributed by atoms with Crippen LogP contribution in [-0.2, 0) is 6.18 Å². The quantitative estimate of drug-likeness (QED) is 0.730. The van der Waals surface area contributed by atoms with Gasteiger partial charge in [0, 0.05) is 11.6 Å². The van der Waals surface area contributed by atoms with Crippen LogP contribution in [0.5, 0.6) is 0 Å². The number of hydrogen-bond acceptors (Lipinski definition) is 2. The van der Waals surface area contributed by atoms with Gasteiger partial charge < -0.3 is 0 Å². The Bertz CT molecular complexity index is 582. The van der Waals surface area contributed by atoms with Gasteiger partial charge in [0.1, 0.15) is 11.5 Å². The largest absolute Gasteiger partial charge is 0.416 e. The molecule has 1 aromatic heterocycles. The number of alkyl halides is 3. The van der Waals surface area contributed by atoms with Crippen LogP contribution in [0.2, 0.25) is 5.15 Å². The fraction of sp³-hybridized carbons (Fsp3) is 0.167. The van der Waals surface area contributed by atoms with Gasteiger partial charge in [0.25, 0.3) is 0 Å². The van der Waals surface area contributed by atoms with Crippen molar-refractivity contribution < 1.29 is 13.2 Å². The van der Waals surface area contributed by atoms with Crippen molar-refractivity contribution in [1.82, 2.24) is 9.97 Å². The van der Waals surface area contributed by atoms with Crippen molar-refractivity contribution in [3.05, 3.63) is 46.9 Å². The van der Waals surface area contributed by atoms with Gasteiger partial charge in [-0.15, -0.1) is 0 Å². The summed E-state index contributed by atoms with van der Waals surface area (Å²) in [6.07, 6.45) is -3.07. The Morgan fingerprint density at radius 2 is 1.83 bits per heavy atom. The minimum absolute atomic E-state index is 0.249. The lowest BCUT2D eigenvalue weighted by Gasteiger charge is -2.10. The van der Waals surface area contributed by atoms with Crippen molar-refractivity contribution in [3.8, 4) is 11.3 Å². The first kappa shape index (κ1) is 12.8. The summed E-state index contributed by atoms with van der Waals surface area (Å²) in [6.45, 7) is 1.60. The topological polar surface area (TPSA) is 25.8 Å². The molecule has 0 aliphatic carbocycles. The Kier molecular flexibility index (Phi) is 3.26. The zero-order valence-corrected chi connectivity index (χ0v) is 10.0. The molecule has 0 fully saturated rings. The summed E-state index contributed by atoms with van der Waals surface area (Å²) in [7, 11) is 0. The molecule has 2 aromatic rings. The fourth-order valence-electron chi connectivity index (χ4n) is 1.61. The first-order chi connectivity index (χ1) is 8.38. The van der Waals surface area contributed by atoms with Crippen LogP contribution in [0, 0.1) is 6.92 Å². The maximum atomic E-state index is 12.5. The molecule has 0 atom stereocenters. The second kappa shape index (κ2) is 4.57. The SMILES string of the molecule is Cc1cc(C(F)(F)F)ccc1-c1cc(Cl)ncn1. The van der Waals surface area contributed by atoms with Crippen LogP contribution in [0.1, 0.15) is 11.1 Å². The van der Waals surface area contributed by atoms with Crippen molar-refractivity contribution in [2.24, 2.45) is 0 Å². The Balaban J connectivity index is 2.48. The highest BCUT2D eigenvalue weighted by molar-refractivity contribution is 6.29. The van der Waals surface area contributed by atoms with E-state index in [0.717, 1.165) is 12.1 Å². The highest BCUT2D eigenvalue weighted by Gasteiger charge is 2.30. The van der Waals surface area contributed by atoms with E-state index in [-0.39, 0.29) is 5.15 Å². The number of rotatable bonds is 1. The van der Waals surface area contributed by atoms with E-state index in [1.807, 2.05) is 0 Å². The second-order valence-corrected chi connectivity index (χ2v) is 4.14. The lowest BCUT2D eigenvalue weighted by molar-refractivity contribution is -0.137. The van der Waals surface area contributed by atoms with Gasteiger partial charge in [-0.2, -0.15) is 13.2 Å². The predicted molar refractivity (Wildman–Crippen MR) is 62.2 cm³/mol. The van der Waals surface area contributed by atoms with Crippen LogP contribution in [0.25, 0.3) is 11.3 Å². The van der Waals surface area contributed by atoms with E-state index in [9.17, 15) is 13.2 Å². The molecule has 0 aliphatic heterocycles. The normalized spacial score (nSPS) is 11.6. The summed E-state index contributed by atoms with van der Waals surface area (Å²) in [5.41, 5.74) is 0.914. The lowest BCUT2D eigenvalue weighted by Crippen LogP contribution is -2.05.